The summed E-state index contributed by atoms with van der Waals surface area (Å²) < 4.78 is 42.3. The molecule has 8 heteroatoms. The Balaban J connectivity index is 1.67. The summed E-state index contributed by atoms with van der Waals surface area (Å²) in [5.41, 5.74) is 2.46. The highest BCUT2D eigenvalue weighted by atomic mass is 19.4. The Morgan fingerprint density at radius 2 is 2.04 bits per heavy atom. The summed E-state index contributed by atoms with van der Waals surface area (Å²) in [5.74, 6) is 1.56. The molecule has 140 valence electrons. The van der Waals surface area contributed by atoms with Crippen LogP contribution in [0, 0.1) is 0 Å². The Morgan fingerprint density at radius 3 is 2.76 bits per heavy atom. The van der Waals surface area contributed by atoms with Crippen molar-refractivity contribution in [3.8, 4) is 5.75 Å². The maximum atomic E-state index is 12.3. The third kappa shape index (κ3) is 6.81. The molecule has 0 radical (unpaired) electrons. The van der Waals surface area contributed by atoms with Crippen LogP contribution in [0.25, 0.3) is 0 Å². The molecule has 0 saturated heterocycles. The number of nitrogens with zero attached hydrogens (tertiary/aromatic N) is 2. The highest BCUT2D eigenvalue weighted by Gasteiger charge is 2.28. The molecule has 1 heterocycles. The molecule has 1 aliphatic rings. The minimum atomic E-state index is -4.17. The van der Waals surface area contributed by atoms with Crippen LogP contribution < -0.4 is 15.4 Å². The van der Waals surface area contributed by atoms with Crippen molar-refractivity contribution >= 4 is 5.96 Å². The average molecular weight is 358 g/mol. The number of likely N-dealkylation sites (N-methyl/N-ethyl adjacent to an activating group) is 1. The zero-order valence-corrected chi connectivity index (χ0v) is 14.6. The van der Waals surface area contributed by atoms with Crippen molar-refractivity contribution in [2.75, 3.05) is 46.9 Å². The van der Waals surface area contributed by atoms with E-state index in [2.05, 4.69) is 21.7 Å². The maximum Gasteiger partial charge on any atom is 0.401 e. The number of hydrogen-bond acceptors (Lipinski definition) is 3. The maximum absolute atomic E-state index is 12.3. The van der Waals surface area contributed by atoms with Crippen molar-refractivity contribution in [2.24, 2.45) is 4.99 Å². The lowest BCUT2D eigenvalue weighted by molar-refractivity contribution is -0.142. The van der Waals surface area contributed by atoms with Crippen molar-refractivity contribution in [1.29, 1.82) is 0 Å². The molecular formula is C17H25F3N4O. The Bertz CT molecular complexity index is 590. The molecule has 0 bridgehead atoms. The number of hydrogen-bond donors (Lipinski definition) is 2. The number of alkyl halides is 3. The first-order valence-corrected chi connectivity index (χ1v) is 8.32. The lowest BCUT2D eigenvalue weighted by Gasteiger charge is -2.19. The first-order valence-electron chi connectivity index (χ1n) is 8.32. The molecule has 1 aromatic rings. The fourth-order valence-electron chi connectivity index (χ4n) is 2.69. The summed E-state index contributed by atoms with van der Waals surface area (Å²) in [6.45, 7) is 1.20. The quantitative estimate of drug-likeness (QED) is 0.577. The van der Waals surface area contributed by atoms with Gasteiger partial charge >= 0.3 is 6.18 Å². The predicted molar refractivity (Wildman–Crippen MR) is 92.3 cm³/mol. The van der Waals surface area contributed by atoms with Crippen LogP contribution in [-0.2, 0) is 12.8 Å². The van der Waals surface area contributed by atoms with E-state index in [4.69, 9.17) is 4.74 Å². The van der Waals surface area contributed by atoms with E-state index in [1.165, 1.54) is 23.1 Å². The van der Waals surface area contributed by atoms with Crippen LogP contribution in [0.3, 0.4) is 0 Å². The molecule has 0 fully saturated rings. The summed E-state index contributed by atoms with van der Waals surface area (Å²) in [6.07, 6.45) is -2.39. The SMILES string of the molecule is CN=C(NCCc1ccc2c(c1)CCO2)NCCN(C)CC(F)(F)F. The van der Waals surface area contributed by atoms with Crippen LogP contribution >= 0.6 is 0 Å². The van der Waals surface area contributed by atoms with Crippen molar-refractivity contribution in [3.63, 3.8) is 0 Å². The Labute approximate surface area is 146 Å². The number of benzene rings is 1. The molecular weight excluding hydrogens is 333 g/mol. The van der Waals surface area contributed by atoms with Crippen molar-refractivity contribution in [1.82, 2.24) is 15.5 Å². The molecule has 5 nitrogen and oxygen atoms in total. The van der Waals surface area contributed by atoms with E-state index in [0.29, 0.717) is 19.0 Å². The fourth-order valence-corrected chi connectivity index (χ4v) is 2.69. The second-order valence-electron chi connectivity index (χ2n) is 6.07. The molecule has 0 amide bonds. The minimum absolute atomic E-state index is 0.283. The number of halogens is 3. The predicted octanol–water partition coefficient (Wildman–Crippen LogP) is 1.82. The van der Waals surface area contributed by atoms with E-state index >= 15 is 0 Å². The van der Waals surface area contributed by atoms with Gasteiger partial charge in [0.2, 0.25) is 0 Å². The van der Waals surface area contributed by atoms with Crippen LogP contribution in [0.1, 0.15) is 11.1 Å². The monoisotopic (exact) mass is 358 g/mol. The number of guanidine groups is 1. The summed E-state index contributed by atoms with van der Waals surface area (Å²) >= 11 is 0. The second-order valence-corrected chi connectivity index (χ2v) is 6.07. The van der Waals surface area contributed by atoms with Gasteiger partial charge in [-0.1, -0.05) is 12.1 Å². The molecule has 0 aliphatic carbocycles. The van der Waals surface area contributed by atoms with Gasteiger partial charge in [-0.05, 0) is 30.7 Å². The number of rotatable bonds is 7. The molecule has 0 atom stereocenters. The van der Waals surface area contributed by atoms with E-state index in [0.717, 1.165) is 25.2 Å². The van der Waals surface area contributed by atoms with Crippen LogP contribution in [0.2, 0.25) is 0 Å². The lowest BCUT2D eigenvalue weighted by Crippen LogP contribution is -2.42. The van der Waals surface area contributed by atoms with Gasteiger partial charge < -0.3 is 15.4 Å². The zero-order valence-electron chi connectivity index (χ0n) is 14.6. The smallest absolute Gasteiger partial charge is 0.401 e. The fraction of sp³-hybridized carbons (Fsp3) is 0.588. The van der Waals surface area contributed by atoms with Crippen LogP contribution in [0.5, 0.6) is 5.75 Å². The standard InChI is InChI=1S/C17H25F3N4O/c1-21-16(23-8-9-24(2)12-17(18,19)20)22-7-5-13-3-4-15-14(11-13)6-10-25-15/h3-4,11H,5-10,12H2,1-2H3,(H2,21,22,23). The van der Waals surface area contributed by atoms with Crippen LogP contribution in [0.15, 0.2) is 23.2 Å². The van der Waals surface area contributed by atoms with Gasteiger partial charge in [0.25, 0.3) is 0 Å². The van der Waals surface area contributed by atoms with Gasteiger partial charge in [-0.25, -0.2) is 0 Å². The molecule has 0 saturated carbocycles. The molecule has 2 rings (SSSR count). The first kappa shape index (κ1) is 19.4. The van der Waals surface area contributed by atoms with Crippen molar-refractivity contribution < 1.29 is 17.9 Å². The largest absolute Gasteiger partial charge is 0.493 e. The van der Waals surface area contributed by atoms with Gasteiger partial charge in [0, 0.05) is 33.1 Å². The molecule has 0 unspecified atom stereocenters. The van der Waals surface area contributed by atoms with E-state index in [9.17, 15) is 13.2 Å². The van der Waals surface area contributed by atoms with Gasteiger partial charge in [-0.2, -0.15) is 13.2 Å². The third-order valence-electron chi connectivity index (χ3n) is 3.92. The second kappa shape index (κ2) is 8.94. The summed E-state index contributed by atoms with van der Waals surface area (Å²) in [4.78, 5) is 5.31. The molecule has 1 aliphatic heterocycles. The van der Waals surface area contributed by atoms with E-state index in [1.54, 1.807) is 7.05 Å². The number of fused-ring (bicyclic) bond motifs is 1. The van der Waals surface area contributed by atoms with Gasteiger partial charge in [0.1, 0.15) is 5.75 Å². The highest BCUT2D eigenvalue weighted by molar-refractivity contribution is 5.79. The van der Waals surface area contributed by atoms with E-state index < -0.39 is 12.7 Å². The molecule has 0 aromatic heterocycles. The topological polar surface area (TPSA) is 48.9 Å². The highest BCUT2D eigenvalue weighted by Crippen LogP contribution is 2.25. The third-order valence-corrected chi connectivity index (χ3v) is 3.92. The normalized spacial score (nSPS) is 14.4. The van der Waals surface area contributed by atoms with Gasteiger partial charge in [-0.15, -0.1) is 0 Å². The zero-order chi connectivity index (χ0) is 18.3. The van der Waals surface area contributed by atoms with Gasteiger partial charge in [-0.3, -0.25) is 9.89 Å². The van der Waals surface area contributed by atoms with E-state index in [-0.39, 0.29) is 6.54 Å². The Kier molecular flexibility index (Phi) is 6.92. The van der Waals surface area contributed by atoms with Crippen LogP contribution in [0.4, 0.5) is 13.2 Å². The Hall–Kier alpha value is -1.96. The number of ether oxygens (including phenoxy) is 1. The number of nitrogens with one attached hydrogen (secondary N) is 2. The first-order chi connectivity index (χ1) is 11.9. The lowest BCUT2D eigenvalue weighted by atomic mass is 10.1. The van der Waals surface area contributed by atoms with Crippen molar-refractivity contribution in [3.05, 3.63) is 29.3 Å². The molecule has 1 aromatic carbocycles. The summed E-state index contributed by atoms with van der Waals surface area (Å²) in [5, 5.41) is 6.20. The van der Waals surface area contributed by atoms with Gasteiger partial charge in [0.15, 0.2) is 5.96 Å². The van der Waals surface area contributed by atoms with Crippen molar-refractivity contribution in [2.45, 2.75) is 19.0 Å². The summed E-state index contributed by atoms with van der Waals surface area (Å²) in [6, 6.07) is 6.21. The molecule has 25 heavy (non-hydrogen) atoms. The van der Waals surface area contributed by atoms with Gasteiger partial charge in [0.05, 0.1) is 13.2 Å². The Morgan fingerprint density at radius 1 is 1.28 bits per heavy atom. The average Bonchev–Trinajstić information content (AvgIpc) is 2.99. The molecule has 0 spiro atoms. The van der Waals surface area contributed by atoms with E-state index in [1.807, 2.05) is 12.1 Å². The van der Waals surface area contributed by atoms with Crippen LogP contribution in [-0.4, -0.2) is 63.9 Å². The minimum Gasteiger partial charge on any atom is -0.493 e. The summed E-state index contributed by atoms with van der Waals surface area (Å²) in [7, 11) is 3.09. The molecule has 2 N–H and O–H groups in total. The number of aliphatic imine (C=N–C) groups is 1.